The molecule has 0 radical (unpaired) electrons. The number of Topliss-reactive ketones (excluding diaryl/α,β-unsaturated/α-hetero) is 1. The Morgan fingerprint density at radius 3 is 2.44 bits per heavy atom. The lowest BCUT2D eigenvalue weighted by molar-refractivity contribution is -0.140. The Morgan fingerprint density at radius 2 is 1.81 bits per heavy atom. The number of carbonyl (C=O) groups is 2. The van der Waals surface area contributed by atoms with Crippen LogP contribution in [0.4, 0.5) is 0 Å². The highest BCUT2D eigenvalue weighted by molar-refractivity contribution is 6.46. The lowest BCUT2D eigenvalue weighted by Crippen LogP contribution is -2.33. The molecule has 0 unspecified atom stereocenters. The number of halogens is 1. The molecule has 0 aliphatic carbocycles. The van der Waals surface area contributed by atoms with Crippen LogP contribution in [-0.4, -0.2) is 59.9 Å². The van der Waals surface area contributed by atoms with Gasteiger partial charge < -0.3 is 19.6 Å². The third kappa shape index (κ3) is 4.97. The molecule has 0 spiro atoms. The minimum Gasteiger partial charge on any atom is -0.507 e. The molecular weight excluding hydrogens is 428 g/mol. The van der Waals surface area contributed by atoms with Gasteiger partial charge in [-0.15, -0.1) is 0 Å². The van der Waals surface area contributed by atoms with Crippen LogP contribution in [0.3, 0.4) is 0 Å². The van der Waals surface area contributed by atoms with Crippen molar-refractivity contribution in [3.05, 3.63) is 70.3 Å². The van der Waals surface area contributed by atoms with Crippen molar-refractivity contribution in [3.63, 3.8) is 0 Å². The average molecular weight is 457 g/mol. The highest BCUT2D eigenvalue weighted by atomic mass is 35.5. The van der Waals surface area contributed by atoms with Gasteiger partial charge in [0.25, 0.3) is 11.7 Å². The van der Waals surface area contributed by atoms with Crippen LogP contribution in [0.1, 0.15) is 37.4 Å². The molecule has 1 N–H and O–H groups in total. The van der Waals surface area contributed by atoms with Gasteiger partial charge in [0.15, 0.2) is 0 Å². The van der Waals surface area contributed by atoms with E-state index < -0.39 is 17.7 Å². The van der Waals surface area contributed by atoms with E-state index in [2.05, 4.69) is 18.7 Å². The van der Waals surface area contributed by atoms with Crippen LogP contribution in [0.5, 0.6) is 5.75 Å². The van der Waals surface area contributed by atoms with E-state index >= 15 is 0 Å². The average Bonchev–Trinajstić information content (AvgIpc) is 3.07. The van der Waals surface area contributed by atoms with Crippen LogP contribution in [0, 0.1) is 0 Å². The molecule has 2 aromatic rings. The number of aliphatic hydroxyl groups is 1. The molecule has 1 atom stereocenters. The van der Waals surface area contributed by atoms with Crippen LogP contribution < -0.4 is 4.74 Å². The van der Waals surface area contributed by atoms with Gasteiger partial charge in [-0.2, -0.15) is 0 Å². The van der Waals surface area contributed by atoms with Gasteiger partial charge in [0, 0.05) is 17.1 Å². The molecule has 32 heavy (non-hydrogen) atoms. The van der Waals surface area contributed by atoms with Gasteiger partial charge in [-0.3, -0.25) is 9.59 Å². The van der Waals surface area contributed by atoms with Gasteiger partial charge in [-0.1, -0.05) is 49.7 Å². The number of rotatable bonds is 9. The smallest absolute Gasteiger partial charge is 0.295 e. The third-order valence-electron chi connectivity index (χ3n) is 5.84. The Kier molecular flexibility index (Phi) is 7.94. The van der Waals surface area contributed by atoms with Crippen LogP contribution in [0.2, 0.25) is 5.02 Å². The minimum atomic E-state index is -0.687. The lowest BCUT2D eigenvalue weighted by Gasteiger charge is -2.26. The first-order valence-electron chi connectivity index (χ1n) is 10.8. The summed E-state index contributed by atoms with van der Waals surface area (Å²) in [5, 5.41) is 11.7. The van der Waals surface area contributed by atoms with Crippen molar-refractivity contribution >= 4 is 29.1 Å². The molecule has 0 saturated carbocycles. The fourth-order valence-corrected chi connectivity index (χ4v) is 4.16. The van der Waals surface area contributed by atoms with Gasteiger partial charge in [-0.05, 0) is 55.9 Å². The number of methoxy groups -OCH3 is 1. The number of amides is 1. The Morgan fingerprint density at radius 1 is 1.12 bits per heavy atom. The number of ether oxygens (including phenoxy) is 1. The van der Waals surface area contributed by atoms with Crippen LogP contribution in [0.25, 0.3) is 5.76 Å². The fraction of sp³-hybridized carbons (Fsp3) is 0.360. The molecule has 170 valence electrons. The van der Waals surface area contributed by atoms with Crippen molar-refractivity contribution in [2.24, 2.45) is 0 Å². The van der Waals surface area contributed by atoms with E-state index in [-0.39, 0.29) is 11.3 Å². The maximum atomic E-state index is 13.1. The van der Waals surface area contributed by atoms with Crippen LogP contribution in [-0.2, 0) is 9.59 Å². The molecule has 1 aliphatic heterocycles. The second kappa shape index (κ2) is 10.7. The zero-order chi connectivity index (χ0) is 23.3. The number of ketones is 1. The second-order valence-electron chi connectivity index (χ2n) is 7.66. The van der Waals surface area contributed by atoms with E-state index in [9.17, 15) is 14.7 Å². The van der Waals surface area contributed by atoms with Crippen LogP contribution in [0.15, 0.2) is 54.1 Å². The van der Waals surface area contributed by atoms with Crippen molar-refractivity contribution in [1.29, 1.82) is 0 Å². The molecule has 0 aromatic heterocycles. The Hall–Kier alpha value is -2.83. The summed E-state index contributed by atoms with van der Waals surface area (Å²) >= 11 is 6.06. The summed E-state index contributed by atoms with van der Waals surface area (Å²) in [4.78, 5) is 29.9. The molecule has 0 bridgehead atoms. The summed E-state index contributed by atoms with van der Waals surface area (Å²) in [7, 11) is 1.53. The van der Waals surface area contributed by atoms with E-state index in [4.69, 9.17) is 16.3 Å². The first-order valence-corrected chi connectivity index (χ1v) is 11.2. The molecule has 1 saturated heterocycles. The van der Waals surface area contributed by atoms with Crippen LogP contribution >= 0.6 is 11.6 Å². The maximum Gasteiger partial charge on any atom is 0.295 e. The third-order valence-corrected chi connectivity index (χ3v) is 6.09. The number of carbonyl (C=O) groups excluding carboxylic acids is 2. The van der Waals surface area contributed by atoms with Crippen molar-refractivity contribution < 1.29 is 19.4 Å². The van der Waals surface area contributed by atoms with Crippen molar-refractivity contribution in [2.45, 2.75) is 26.3 Å². The van der Waals surface area contributed by atoms with E-state index in [1.165, 1.54) is 7.11 Å². The maximum absolute atomic E-state index is 13.1. The lowest BCUT2D eigenvalue weighted by atomic mass is 9.95. The van der Waals surface area contributed by atoms with E-state index in [1.54, 1.807) is 53.4 Å². The SMILES string of the molecule is CCN(CC)CCCN1C(=O)C(=O)/C(=C(/O)c2cccc(OC)c2)[C@H]1c1ccc(Cl)cc1. The molecule has 1 fully saturated rings. The summed E-state index contributed by atoms with van der Waals surface area (Å²) in [5.41, 5.74) is 1.22. The number of hydrogen-bond acceptors (Lipinski definition) is 5. The molecule has 3 rings (SSSR count). The van der Waals surface area contributed by atoms with Gasteiger partial charge in [0.1, 0.15) is 11.5 Å². The molecule has 2 aromatic carbocycles. The van der Waals surface area contributed by atoms with Crippen molar-refractivity contribution in [3.8, 4) is 5.75 Å². The zero-order valence-corrected chi connectivity index (χ0v) is 19.4. The number of hydrogen-bond donors (Lipinski definition) is 1. The summed E-state index contributed by atoms with van der Waals surface area (Å²) in [5.74, 6) is -0.957. The normalized spacial score (nSPS) is 17.9. The topological polar surface area (TPSA) is 70.1 Å². The van der Waals surface area contributed by atoms with Gasteiger partial charge in [-0.25, -0.2) is 0 Å². The monoisotopic (exact) mass is 456 g/mol. The minimum absolute atomic E-state index is 0.0772. The number of likely N-dealkylation sites (tertiary alicyclic amines) is 1. The molecule has 1 aliphatic rings. The number of aliphatic hydroxyl groups excluding tert-OH is 1. The second-order valence-corrected chi connectivity index (χ2v) is 8.09. The Bertz CT molecular complexity index is 999. The van der Waals surface area contributed by atoms with E-state index in [0.717, 1.165) is 31.6 Å². The molecule has 6 nitrogen and oxygen atoms in total. The van der Waals surface area contributed by atoms with E-state index in [0.29, 0.717) is 22.9 Å². The van der Waals surface area contributed by atoms with Gasteiger partial charge in [0.2, 0.25) is 0 Å². The molecule has 1 heterocycles. The molecular formula is C25H29ClN2O4. The number of nitrogens with zero attached hydrogens (tertiary/aromatic N) is 2. The van der Waals surface area contributed by atoms with Gasteiger partial charge in [0.05, 0.1) is 18.7 Å². The summed E-state index contributed by atoms with van der Waals surface area (Å²) in [6.07, 6.45) is 0.720. The Labute approximate surface area is 194 Å². The largest absolute Gasteiger partial charge is 0.507 e. The van der Waals surface area contributed by atoms with Crippen molar-refractivity contribution in [2.75, 3.05) is 33.3 Å². The highest BCUT2D eigenvalue weighted by Gasteiger charge is 2.45. The zero-order valence-electron chi connectivity index (χ0n) is 18.7. The first kappa shape index (κ1) is 23.8. The van der Waals surface area contributed by atoms with Crippen molar-refractivity contribution in [1.82, 2.24) is 9.80 Å². The molecule has 1 amide bonds. The Balaban J connectivity index is 2.03. The predicted octanol–water partition coefficient (Wildman–Crippen LogP) is 4.50. The highest BCUT2D eigenvalue weighted by Crippen LogP contribution is 2.40. The molecule has 7 heteroatoms. The van der Waals surface area contributed by atoms with Gasteiger partial charge >= 0.3 is 0 Å². The summed E-state index contributed by atoms with van der Waals surface area (Å²) in [6, 6.07) is 13.1. The number of benzene rings is 2. The fourth-order valence-electron chi connectivity index (χ4n) is 4.03. The first-order chi connectivity index (χ1) is 15.4. The standard InChI is InChI=1S/C25H29ClN2O4/c1-4-27(5-2)14-7-15-28-22(17-10-12-19(26)13-11-17)21(24(30)25(28)31)23(29)18-8-6-9-20(16-18)32-3/h6,8-13,16,22,29H,4-5,7,14-15H2,1-3H3/b23-21+/t22-/m1/s1. The predicted molar refractivity (Wildman–Crippen MR) is 126 cm³/mol. The summed E-state index contributed by atoms with van der Waals surface area (Å²) in [6.45, 7) is 7.26. The van der Waals surface area contributed by atoms with E-state index in [1.807, 2.05) is 0 Å². The summed E-state index contributed by atoms with van der Waals surface area (Å²) < 4.78 is 5.24. The quantitative estimate of drug-likeness (QED) is 0.341.